The van der Waals surface area contributed by atoms with Crippen LogP contribution in [0.5, 0.6) is 5.75 Å². The molecule has 1 N–H and O–H groups in total. The number of aliphatic hydroxyl groups excluding tert-OH is 1. The molecule has 0 amide bonds. The second-order valence-corrected chi connectivity index (χ2v) is 8.06. The first-order valence-electron chi connectivity index (χ1n) is 10.4. The second kappa shape index (κ2) is 9.98. The maximum atomic E-state index is 10.4. The van der Waals surface area contributed by atoms with Crippen molar-refractivity contribution < 1.29 is 9.84 Å². The van der Waals surface area contributed by atoms with E-state index in [1.165, 1.54) is 11.3 Å². The van der Waals surface area contributed by atoms with Gasteiger partial charge in [-0.2, -0.15) is 0 Å². The molecule has 0 saturated carbocycles. The Morgan fingerprint density at radius 3 is 2.10 bits per heavy atom. The number of halogens is 1. The number of benzene rings is 3. The number of nitrogens with zero attached hydrogens (tertiary/aromatic N) is 2. The summed E-state index contributed by atoms with van der Waals surface area (Å²) in [5, 5.41) is 11.2. The van der Waals surface area contributed by atoms with Gasteiger partial charge in [0, 0.05) is 43.4 Å². The number of hydrogen-bond acceptors (Lipinski definition) is 4. The van der Waals surface area contributed by atoms with Crippen LogP contribution < -0.4 is 9.64 Å². The summed E-state index contributed by atoms with van der Waals surface area (Å²) in [7, 11) is 0. The van der Waals surface area contributed by atoms with Crippen LogP contribution in [0.15, 0.2) is 78.9 Å². The maximum Gasteiger partial charge on any atom is 0.119 e. The molecule has 0 aromatic heterocycles. The van der Waals surface area contributed by atoms with Crippen molar-refractivity contribution >= 4 is 17.3 Å². The van der Waals surface area contributed by atoms with Gasteiger partial charge in [-0.1, -0.05) is 54.1 Å². The van der Waals surface area contributed by atoms with Crippen LogP contribution in [-0.2, 0) is 0 Å². The third-order valence-electron chi connectivity index (χ3n) is 5.44. The van der Waals surface area contributed by atoms with Gasteiger partial charge in [-0.3, -0.25) is 4.90 Å². The Labute approximate surface area is 183 Å². The number of hydrogen-bond donors (Lipinski definition) is 1. The van der Waals surface area contributed by atoms with E-state index in [2.05, 4.69) is 34.1 Å². The van der Waals surface area contributed by atoms with Gasteiger partial charge in [-0.15, -0.1) is 0 Å². The monoisotopic (exact) mass is 422 g/mol. The minimum absolute atomic E-state index is 0.294. The Morgan fingerprint density at radius 2 is 1.43 bits per heavy atom. The zero-order chi connectivity index (χ0) is 20.8. The standard InChI is InChI=1S/C25H27ClN2O2/c26-22-8-10-23(11-9-22)28-16-14-27(15-17-28)18-24(29)19-30-25-12-6-21(7-13-25)20-4-2-1-3-5-20/h1-13,24,29H,14-19H2/t24-/m1/s1. The normalized spacial score (nSPS) is 15.7. The highest BCUT2D eigenvalue weighted by Gasteiger charge is 2.19. The van der Waals surface area contributed by atoms with Crippen LogP contribution in [0, 0.1) is 0 Å². The largest absolute Gasteiger partial charge is 0.491 e. The first-order chi connectivity index (χ1) is 14.7. The highest BCUT2D eigenvalue weighted by Crippen LogP contribution is 2.22. The van der Waals surface area contributed by atoms with Gasteiger partial charge in [-0.25, -0.2) is 0 Å². The molecule has 1 atom stereocenters. The summed E-state index contributed by atoms with van der Waals surface area (Å²) in [6, 6.07) is 26.2. The van der Waals surface area contributed by atoms with E-state index in [4.69, 9.17) is 16.3 Å². The molecule has 1 heterocycles. The molecule has 30 heavy (non-hydrogen) atoms. The van der Waals surface area contributed by atoms with Gasteiger partial charge in [0.25, 0.3) is 0 Å². The van der Waals surface area contributed by atoms with Crippen LogP contribution in [0.25, 0.3) is 11.1 Å². The molecule has 0 aliphatic carbocycles. The second-order valence-electron chi connectivity index (χ2n) is 7.62. The lowest BCUT2D eigenvalue weighted by Crippen LogP contribution is -2.49. The fraction of sp³-hybridized carbons (Fsp3) is 0.280. The van der Waals surface area contributed by atoms with Gasteiger partial charge in [0.2, 0.25) is 0 Å². The summed E-state index contributed by atoms with van der Waals surface area (Å²) in [5.74, 6) is 0.779. The van der Waals surface area contributed by atoms with Crippen LogP contribution in [0.3, 0.4) is 0 Å². The molecule has 0 spiro atoms. The summed E-state index contributed by atoms with van der Waals surface area (Å²) in [6.45, 7) is 4.64. The molecule has 0 unspecified atom stereocenters. The summed E-state index contributed by atoms with van der Waals surface area (Å²) in [6.07, 6.45) is -0.513. The Bertz CT molecular complexity index is 908. The molecule has 5 heteroatoms. The average molecular weight is 423 g/mol. The van der Waals surface area contributed by atoms with Gasteiger partial charge in [-0.05, 0) is 47.5 Å². The number of anilines is 1. The van der Waals surface area contributed by atoms with Crippen molar-refractivity contribution in [1.82, 2.24) is 4.90 Å². The molecule has 1 saturated heterocycles. The fourth-order valence-electron chi connectivity index (χ4n) is 3.76. The Hall–Kier alpha value is -2.53. The van der Waals surface area contributed by atoms with Gasteiger partial charge in [0.05, 0.1) is 0 Å². The van der Waals surface area contributed by atoms with Crippen LogP contribution in [0.4, 0.5) is 5.69 Å². The van der Waals surface area contributed by atoms with Crippen molar-refractivity contribution in [2.45, 2.75) is 6.10 Å². The zero-order valence-corrected chi connectivity index (χ0v) is 17.7. The summed E-state index contributed by atoms with van der Waals surface area (Å²) in [4.78, 5) is 4.64. The van der Waals surface area contributed by atoms with Gasteiger partial charge < -0.3 is 14.7 Å². The van der Waals surface area contributed by atoms with E-state index in [-0.39, 0.29) is 0 Å². The van der Waals surface area contributed by atoms with Crippen molar-refractivity contribution in [3.8, 4) is 16.9 Å². The van der Waals surface area contributed by atoms with E-state index in [0.717, 1.165) is 42.5 Å². The van der Waals surface area contributed by atoms with Crippen molar-refractivity contribution in [3.63, 3.8) is 0 Å². The van der Waals surface area contributed by atoms with Gasteiger partial charge in [0.1, 0.15) is 18.5 Å². The van der Waals surface area contributed by atoms with Crippen LogP contribution >= 0.6 is 11.6 Å². The predicted molar refractivity (Wildman–Crippen MR) is 123 cm³/mol. The average Bonchev–Trinajstić information content (AvgIpc) is 2.80. The molecule has 1 fully saturated rings. The van der Waals surface area contributed by atoms with Crippen molar-refractivity contribution in [2.24, 2.45) is 0 Å². The first kappa shape index (κ1) is 20.7. The van der Waals surface area contributed by atoms with Crippen molar-refractivity contribution in [1.29, 1.82) is 0 Å². The Balaban J connectivity index is 1.21. The van der Waals surface area contributed by atoms with Crippen molar-refractivity contribution in [3.05, 3.63) is 83.9 Å². The van der Waals surface area contributed by atoms with Gasteiger partial charge >= 0.3 is 0 Å². The summed E-state index contributed by atoms with van der Waals surface area (Å²) < 4.78 is 5.80. The lowest BCUT2D eigenvalue weighted by molar-refractivity contribution is 0.0663. The van der Waals surface area contributed by atoms with Crippen LogP contribution in [0.2, 0.25) is 5.02 Å². The molecule has 1 aliphatic rings. The number of rotatable bonds is 7. The Morgan fingerprint density at radius 1 is 0.800 bits per heavy atom. The Kier molecular flexibility index (Phi) is 6.90. The van der Waals surface area contributed by atoms with Crippen molar-refractivity contribution in [2.75, 3.05) is 44.2 Å². The predicted octanol–water partition coefficient (Wildman–Crippen LogP) is 4.57. The maximum absolute atomic E-state index is 10.4. The van der Waals surface area contributed by atoms with E-state index < -0.39 is 6.10 Å². The van der Waals surface area contributed by atoms with Gasteiger partial charge in [0.15, 0.2) is 0 Å². The quantitative estimate of drug-likeness (QED) is 0.605. The fourth-order valence-corrected chi connectivity index (χ4v) is 3.88. The smallest absolute Gasteiger partial charge is 0.119 e. The molecule has 4 nitrogen and oxygen atoms in total. The molecule has 3 aromatic rings. The number of piperazine rings is 1. The molecule has 156 valence electrons. The number of β-amino-alcohol motifs (C(OH)–C–C–N with tert-alkyl or cyclic N) is 1. The molecule has 4 rings (SSSR count). The molecule has 0 bridgehead atoms. The van der Waals surface area contributed by atoms with E-state index in [1.807, 2.05) is 54.6 Å². The third kappa shape index (κ3) is 5.54. The zero-order valence-electron chi connectivity index (χ0n) is 17.0. The van der Waals surface area contributed by atoms with E-state index in [1.54, 1.807) is 0 Å². The SMILES string of the molecule is O[C@@H](COc1ccc(-c2ccccc2)cc1)CN1CCN(c2ccc(Cl)cc2)CC1. The minimum atomic E-state index is -0.513. The lowest BCUT2D eigenvalue weighted by Gasteiger charge is -2.36. The third-order valence-corrected chi connectivity index (χ3v) is 5.69. The van der Waals surface area contributed by atoms with Crippen LogP contribution in [-0.4, -0.2) is 55.4 Å². The first-order valence-corrected chi connectivity index (χ1v) is 10.7. The van der Waals surface area contributed by atoms with E-state index in [9.17, 15) is 5.11 Å². The molecule has 0 radical (unpaired) electrons. The molecule has 3 aromatic carbocycles. The molecular weight excluding hydrogens is 396 g/mol. The summed E-state index contributed by atoms with van der Waals surface area (Å²) in [5.41, 5.74) is 3.53. The topological polar surface area (TPSA) is 35.9 Å². The van der Waals surface area contributed by atoms with Crippen LogP contribution in [0.1, 0.15) is 0 Å². The number of ether oxygens (including phenoxy) is 1. The molecular formula is C25H27ClN2O2. The lowest BCUT2D eigenvalue weighted by atomic mass is 10.1. The highest BCUT2D eigenvalue weighted by atomic mass is 35.5. The van der Waals surface area contributed by atoms with E-state index in [0.29, 0.717) is 13.2 Å². The summed E-state index contributed by atoms with van der Waals surface area (Å²) >= 11 is 5.97. The number of aliphatic hydroxyl groups is 1. The minimum Gasteiger partial charge on any atom is -0.491 e. The highest BCUT2D eigenvalue weighted by molar-refractivity contribution is 6.30. The van der Waals surface area contributed by atoms with E-state index >= 15 is 0 Å². The molecule has 1 aliphatic heterocycles.